The lowest BCUT2D eigenvalue weighted by atomic mass is 9.83. The van der Waals surface area contributed by atoms with Crippen molar-refractivity contribution in [3.05, 3.63) is 0 Å². The Bertz CT molecular complexity index is 221. The van der Waals surface area contributed by atoms with Crippen LogP contribution in [0.4, 0.5) is 0 Å². The van der Waals surface area contributed by atoms with Crippen LogP contribution in [0.3, 0.4) is 0 Å². The molecule has 0 radical (unpaired) electrons. The average molecular weight is 289 g/mol. The van der Waals surface area contributed by atoms with Gasteiger partial charge in [-0.2, -0.15) is 0 Å². The van der Waals surface area contributed by atoms with Crippen molar-refractivity contribution in [2.75, 3.05) is 26.7 Å². The van der Waals surface area contributed by atoms with Gasteiger partial charge < -0.3 is 10.2 Å². The van der Waals surface area contributed by atoms with E-state index in [1.54, 1.807) is 0 Å². The molecule has 1 aliphatic heterocycles. The van der Waals surface area contributed by atoms with Crippen LogP contribution in [0.1, 0.15) is 58.3 Å². The highest BCUT2D eigenvalue weighted by atomic mass is 35.5. The molecule has 2 aliphatic rings. The third-order valence-corrected chi connectivity index (χ3v) is 5.08. The summed E-state index contributed by atoms with van der Waals surface area (Å²) in [5.41, 5.74) is 0. The first-order valence-corrected chi connectivity index (χ1v) is 8.20. The molecule has 1 saturated heterocycles. The van der Waals surface area contributed by atoms with Crippen LogP contribution in [-0.4, -0.2) is 37.6 Å². The minimum absolute atomic E-state index is 0. The number of rotatable bonds is 5. The zero-order valence-corrected chi connectivity index (χ0v) is 13.7. The van der Waals surface area contributed by atoms with E-state index in [-0.39, 0.29) is 12.4 Å². The largest absolute Gasteiger partial charge is 0.316 e. The Kier molecular flexibility index (Phi) is 8.36. The van der Waals surface area contributed by atoms with Crippen molar-refractivity contribution in [2.24, 2.45) is 11.8 Å². The van der Waals surface area contributed by atoms with E-state index in [4.69, 9.17) is 0 Å². The zero-order valence-electron chi connectivity index (χ0n) is 12.9. The molecule has 1 aliphatic carbocycles. The molecule has 0 amide bonds. The summed E-state index contributed by atoms with van der Waals surface area (Å²) < 4.78 is 0. The molecule has 1 heterocycles. The molecule has 1 saturated carbocycles. The molecule has 0 spiro atoms. The third kappa shape index (κ3) is 5.61. The topological polar surface area (TPSA) is 15.3 Å². The quantitative estimate of drug-likeness (QED) is 0.830. The molecule has 1 N–H and O–H groups in total. The van der Waals surface area contributed by atoms with Crippen molar-refractivity contribution in [2.45, 2.75) is 64.3 Å². The fourth-order valence-corrected chi connectivity index (χ4v) is 3.92. The van der Waals surface area contributed by atoms with Crippen molar-refractivity contribution < 1.29 is 0 Å². The summed E-state index contributed by atoms with van der Waals surface area (Å²) >= 11 is 0. The average Bonchev–Trinajstić information content (AvgIpc) is 2.41. The molecule has 0 aromatic rings. The summed E-state index contributed by atoms with van der Waals surface area (Å²) in [5.74, 6) is 1.94. The van der Waals surface area contributed by atoms with Crippen molar-refractivity contribution in [3.63, 3.8) is 0 Å². The van der Waals surface area contributed by atoms with E-state index >= 15 is 0 Å². The van der Waals surface area contributed by atoms with Gasteiger partial charge >= 0.3 is 0 Å². The van der Waals surface area contributed by atoms with Gasteiger partial charge in [0.25, 0.3) is 0 Å². The maximum absolute atomic E-state index is 3.54. The normalized spacial score (nSPS) is 32.1. The standard InChI is InChI=1S/C16H32N2.ClH/c1-3-5-14-7-9-16(10-8-14)18(2)13-15-6-4-11-17-12-15;/h14-17H,3-13H2,1-2H3;1H. The molecule has 2 nitrogen and oxygen atoms in total. The summed E-state index contributed by atoms with van der Waals surface area (Å²) in [7, 11) is 2.36. The number of piperidine rings is 1. The first kappa shape index (κ1) is 17.3. The Morgan fingerprint density at radius 3 is 2.37 bits per heavy atom. The van der Waals surface area contributed by atoms with Crippen molar-refractivity contribution >= 4 is 12.4 Å². The Morgan fingerprint density at radius 1 is 1.05 bits per heavy atom. The van der Waals surface area contributed by atoms with Gasteiger partial charge in [-0.05, 0) is 70.5 Å². The second-order valence-corrected chi connectivity index (χ2v) is 6.62. The lowest BCUT2D eigenvalue weighted by Crippen LogP contribution is -2.42. The summed E-state index contributed by atoms with van der Waals surface area (Å²) in [4.78, 5) is 2.67. The predicted octanol–water partition coefficient (Wildman–Crippen LogP) is 3.70. The molecule has 2 rings (SSSR count). The number of nitrogens with one attached hydrogen (secondary N) is 1. The number of hydrogen-bond donors (Lipinski definition) is 1. The molecule has 19 heavy (non-hydrogen) atoms. The van der Waals surface area contributed by atoms with Crippen LogP contribution < -0.4 is 5.32 Å². The Balaban J connectivity index is 0.00000180. The fourth-order valence-electron chi connectivity index (χ4n) is 3.92. The molecule has 0 aromatic heterocycles. The van der Waals surface area contributed by atoms with Crippen molar-refractivity contribution in [3.8, 4) is 0 Å². The van der Waals surface area contributed by atoms with Gasteiger partial charge in [0.15, 0.2) is 0 Å². The van der Waals surface area contributed by atoms with Crippen molar-refractivity contribution in [1.82, 2.24) is 10.2 Å². The Labute approximate surface area is 126 Å². The van der Waals surface area contributed by atoms with E-state index < -0.39 is 0 Å². The van der Waals surface area contributed by atoms with E-state index in [0.29, 0.717) is 0 Å². The lowest BCUT2D eigenvalue weighted by molar-refractivity contribution is 0.135. The van der Waals surface area contributed by atoms with Crippen LogP contribution in [0.25, 0.3) is 0 Å². The lowest BCUT2D eigenvalue weighted by Gasteiger charge is -2.37. The van der Waals surface area contributed by atoms with E-state index in [9.17, 15) is 0 Å². The number of hydrogen-bond acceptors (Lipinski definition) is 2. The summed E-state index contributed by atoms with van der Waals surface area (Å²) in [6.07, 6.45) is 11.5. The molecule has 114 valence electrons. The molecular formula is C16H33ClN2. The van der Waals surface area contributed by atoms with E-state index in [1.807, 2.05) is 0 Å². The fraction of sp³-hybridized carbons (Fsp3) is 1.00. The van der Waals surface area contributed by atoms with E-state index in [0.717, 1.165) is 17.9 Å². The number of nitrogens with zero attached hydrogens (tertiary/aromatic N) is 1. The predicted molar refractivity (Wildman–Crippen MR) is 86.1 cm³/mol. The molecule has 0 aromatic carbocycles. The van der Waals surface area contributed by atoms with Gasteiger partial charge in [-0.25, -0.2) is 0 Å². The minimum Gasteiger partial charge on any atom is -0.316 e. The second kappa shape index (κ2) is 9.20. The van der Waals surface area contributed by atoms with Crippen molar-refractivity contribution in [1.29, 1.82) is 0 Å². The highest BCUT2D eigenvalue weighted by molar-refractivity contribution is 5.85. The van der Waals surface area contributed by atoms with Gasteiger partial charge in [-0.3, -0.25) is 0 Å². The van der Waals surface area contributed by atoms with Crippen LogP contribution in [-0.2, 0) is 0 Å². The van der Waals surface area contributed by atoms with Crippen LogP contribution in [0.5, 0.6) is 0 Å². The van der Waals surface area contributed by atoms with E-state index in [1.165, 1.54) is 71.0 Å². The van der Waals surface area contributed by atoms with Crippen LogP contribution >= 0.6 is 12.4 Å². The molecular weight excluding hydrogens is 256 g/mol. The smallest absolute Gasteiger partial charge is 0.00925 e. The first-order valence-electron chi connectivity index (χ1n) is 8.20. The molecule has 1 atom stereocenters. The highest BCUT2D eigenvalue weighted by Gasteiger charge is 2.25. The van der Waals surface area contributed by atoms with Gasteiger partial charge in [0.1, 0.15) is 0 Å². The first-order chi connectivity index (χ1) is 8.79. The van der Waals surface area contributed by atoms with Gasteiger partial charge in [0.05, 0.1) is 0 Å². The Hall–Kier alpha value is 0.210. The maximum Gasteiger partial charge on any atom is 0.00925 e. The van der Waals surface area contributed by atoms with Crippen LogP contribution in [0.2, 0.25) is 0 Å². The third-order valence-electron chi connectivity index (χ3n) is 5.08. The molecule has 0 bridgehead atoms. The maximum atomic E-state index is 3.54. The molecule has 2 fully saturated rings. The van der Waals surface area contributed by atoms with Gasteiger partial charge in [-0.1, -0.05) is 19.8 Å². The molecule has 1 unspecified atom stereocenters. The summed E-state index contributed by atoms with van der Waals surface area (Å²) in [5, 5.41) is 3.54. The van der Waals surface area contributed by atoms with Crippen LogP contribution in [0.15, 0.2) is 0 Å². The van der Waals surface area contributed by atoms with Crippen LogP contribution in [0, 0.1) is 11.8 Å². The monoisotopic (exact) mass is 288 g/mol. The second-order valence-electron chi connectivity index (χ2n) is 6.62. The Morgan fingerprint density at radius 2 is 1.79 bits per heavy atom. The summed E-state index contributed by atoms with van der Waals surface area (Å²) in [6, 6.07) is 0.875. The highest BCUT2D eigenvalue weighted by Crippen LogP contribution is 2.30. The zero-order chi connectivity index (χ0) is 12.8. The van der Waals surface area contributed by atoms with Gasteiger partial charge in [0.2, 0.25) is 0 Å². The number of halogens is 1. The van der Waals surface area contributed by atoms with E-state index in [2.05, 4.69) is 24.2 Å². The van der Waals surface area contributed by atoms with Gasteiger partial charge in [-0.15, -0.1) is 12.4 Å². The minimum atomic E-state index is 0. The summed E-state index contributed by atoms with van der Waals surface area (Å²) in [6.45, 7) is 6.13. The van der Waals surface area contributed by atoms with Gasteiger partial charge in [0, 0.05) is 12.6 Å². The SMILES string of the molecule is CCCC1CCC(N(C)CC2CCCNC2)CC1.Cl. The molecule has 3 heteroatoms.